The summed E-state index contributed by atoms with van der Waals surface area (Å²) >= 11 is 0. The molecule has 1 aromatic heterocycles. The van der Waals surface area contributed by atoms with E-state index in [1.807, 2.05) is 89.5 Å². The van der Waals surface area contributed by atoms with Gasteiger partial charge in [0.1, 0.15) is 11.9 Å². The Bertz CT molecular complexity index is 3900. The Kier molecular flexibility index (Phi) is 17.1. The number of hydrogen-bond donors (Lipinski definition) is 0. The Balaban J connectivity index is 0.000000242. The highest BCUT2D eigenvalue weighted by molar-refractivity contribution is 7.20. The zero-order valence-electron chi connectivity index (χ0n) is 45.1. The van der Waals surface area contributed by atoms with Crippen LogP contribution in [0.25, 0.3) is 32.4 Å². The quantitative estimate of drug-likeness (QED) is 0.0474. The number of ketones is 1. The maximum Gasteiger partial charge on any atom is 0.416 e. The summed E-state index contributed by atoms with van der Waals surface area (Å²) in [4.78, 5) is 13.2. The number of pyridine rings is 1. The molecular formula is C63H34BF24NO2. The summed E-state index contributed by atoms with van der Waals surface area (Å²) < 4.78 is 349. The lowest BCUT2D eigenvalue weighted by Gasteiger charge is -2.46. The standard InChI is InChI=1S/C32H12BF24.C31H22NO2/c34-25(35,36)13-1-14(26(37,38)39)6-21(5-13)33(22-7-15(27(40,41)42)2-16(8-22)28(43,44)45,23-9-17(29(46,47)48)3-18(10-23)30(49,50)51)24-11-19(31(52,53)54)4-20(12-24)32(55,56)57;33-29(23-11-2-1-3-12-23)21-32-28-17-9-6-10-22(28)18-19-30(32)34-31-26-15-7-4-13-24(26)20-25-14-5-8-16-27(25)31/h1-12H;1-20H,21H2/q-1;+1. The van der Waals surface area contributed by atoms with Crippen molar-refractivity contribution in [2.75, 3.05) is 0 Å². The molecule has 0 amide bonds. The predicted octanol–water partition coefficient (Wildman–Crippen LogP) is 18.3. The van der Waals surface area contributed by atoms with E-state index in [0.29, 0.717) is 11.4 Å². The summed E-state index contributed by atoms with van der Waals surface area (Å²) in [6, 6.07) is 31.3. The highest BCUT2D eigenvalue weighted by Gasteiger charge is 2.47. The highest BCUT2D eigenvalue weighted by Crippen LogP contribution is 2.43. The van der Waals surface area contributed by atoms with Crippen LogP contribution in [0.5, 0.6) is 11.6 Å². The third-order valence-electron chi connectivity index (χ3n) is 14.7. The summed E-state index contributed by atoms with van der Waals surface area (Å²) in [5.74, 6) is 1.46. The number of Topliss-reactive ketones (excluding diaryl/α,β-unsaturated/α-hetero) is 1. The fourth-order valence-electron chi connectivity index (χ4n) is 10.6. The number of benzene rings is 9. The SMILES string of the molecule is FC(F)(F)c1cc([B-](c2cc(C(F)(F)F)cc(C(F)(F)F)c2)(c2cc(C(F)(F)F)cc(C(F)(F)F)c2)c2cc(C(F)(F)F)cc(C(F)(F)F)c2)cc(C(F)(F)F)c1.O=C(C[n+]1c(Oc2c3ccccc3cc3ccccc23)ccc2ccccc21)c1ccccc1. The molecule has 10 aromatic rings. The average molecular weight is 1300 g/mol. The Labute approximate surface area is 496 Å². The largest absolute Gasteiger partial charge is 0.416 e. The maximum absolute atomic E-state index is 14.2. The van der Waals surface area contributed by atoms with Crippen LogP contribution < -0.4 is 31.2 Å². The van der Waals surface area contributed by atoms with E-state index in [0.717, 1.165) is 38.2 Å². The molecule has 28 heteroatoms. The van der Waals surface area contributed by atoms with E-state index in [2.05, 4.69) is 36.4 Å². The summed E-state index contributed by atoms with van der Waals surface area (Å²) in [6.45, 7) is 0.184. The molecule has 3 nitrogen and oxygen atoms in total. The first-order chi connectivity index (χ1) is 42.0. The van der Waals surface area contributed by atoms with Gasteiger partial charge in [0.05, 0.1) is 50.6 Å². The Morgan fingerprint density at radius 1 is 0.319 bits per heavy atom. The Morgan fingerprint density at radius 3 is 0.923 bits per heavy atom. The monoisotopic (exact) mass is 1300 g/mol. The van der Waals surface area contributed by atoms with Crippen LogP contribution in [0, 0.1) is 0 Å². The van der Waals surface area contributed by atoms with Crippen molar-refractivity contribution in [2.45, 2.75) is 56.0 Å². The van der Waals surface area contributed by atoms with Crippen LogP contribution in [-0.2, 0) is 56.0 Å². The summed E-state index contributed by atoms with van der Waals surface area (Å²) in [7, 11) is 0. The van der Waals surface area contributed by atoms with Crippen molar-refractivity contribution in [1.29, 1.82) is 0 Å². The molecule has 0 fully saturated rings. The number of carbonyl (C=O) groups is 1. The minimum atomic E-state index is -6.13. The number of aromatic nitrogens is 1. The molecule has 0 aliphatic heterocycles. The smallest absolute Gasteiger partial charge is 0.404 e. The molecule has 1 heterocycles. The topological polar surface area (TPSA) is 30.2 Å². The van der Waals surface area contributed by atoms with Crippen LogP contribution in [0.2, 0.25) is 0 Å². The first-order valence-corrected chi connectivity index (χ1v) is 26.0. The van der Waals surface area contributed by atoms with Gasteiger partial charge in [0.25, 0.3) is 0 Å². The van der Waals surface area contributed by atoms with Gasteiger partial charge in [-0.3, -0.25) is 4.79 Å². The number of nitrogens with zero attached hydrogens (tertiary/aromatic N) is 1. The molecule has 0 unspecified atom stereocenters. The van der Waals surface area contributed by atoms with Gasteiger partial charge in [0.15, 0.2) is 0 Å². The van der Waals surface area contributed by atoms with E-state index in [4.69, 9.17) is 4.74 Å². The van der Waals surface area contributed by atoms with E-state index < -0.39 is 195 Å². The van der Waals surface area contributed by atoms with Crippen molar-refractivity contribution < 1.29 is 119 Å². The van der Waals surface area contributed by atoms with E-state index in [1.165, 1.54) is 0 Å². The lowest BCUT2D eigenvalue weighted by Crippen LogP contribution is -2.75. The number of alkyl halides is 24. The molecule has 9 aromatic carbocycles. The molecule has 0 saturated carbocycles. The van der Waals surface area contributed by atoms with Gasteiger partial charge in [-0.2, -0.15) is 132 Å². The Hall–Kier alpha value is -9.24. The molecule has 91 heavy (non-hydrogen) atoms. The molecule has 0 atom stereocenters. The molecular weight excluding hydrogens is 1270 g/mol. The molecule has 10 rings (SSSR count). The molecule has 0 N–H and O–H groups in total. The van der Waals surface area contributed by atoms with Gasteiger partial charge < -0.3 is 4.74 Å². The van der Waals surface area contributed by atoms with Crippen molar-refractivity contribution in [3.8, 4) is 11.6 Å². The highest BCUT2D eigenvalue weighted by atomic mass is 19.4. The molecule has 0 spiro atoms. The second-order valence-corrected chi connectivity index (χ2v) is 20.6. The number of halogens is 24. The minimum absolute atomic E-state index is 0.0366. The van der Waals surface area contributed by atoms with E-state index in [-0.39, 0.29) is 12.3 Å². The Morgan fingerprint density at radius 2 is 0.604 bits per heavy atom. The molecule has 0 radical (unpaired) electrons. The van der Waals surface area contributed by atoms with Gasteiger partial charge in [-0.05, 0) is 53.2 Å². The van der Waals surface area contributed by atoms with E-state index in [1.54, 1.807) is 0 Å². The predicted molar refractivity (Wildman–Crippen MR) is 287 cm³/mol. The van der Waals surface area contributed by atoms with Crippen LogP contribution >= 0.6 is 0 Å². The number of ether oxygens (including phenoxy) is 1. The first kappa shape index (κ1) is 66.2. The number of rotatable bonds is 9. The zero-order valence-corrected chi connectivity index (χ0v) is 45.1. The molecule has 0 saturated heterocycles. The van der Waals surface area contributed by atoms with Gasteiger partial charge in [0, 0.05) is 27.8 Å². The number of para-hydroxylation sites is 1. The maximum atomic E-state index is 14.2. The number of fused-ring (bicyclic) bond motifs is 3. The van der Waals surface area contributed by atoms with E-state index in [9.17, 15) is 110 Å². The van der Waals surface area contributed by atoms with Crippen molar-refractivity contribution >= 4 is 66.2 Å². The molecule has 0 bridgehead atoms. The van der Waals surface area contributed by atoms with E-state index >= 15 is 0 Å². The van der Waals surface area contributed by atoms with Crippen LogP contribution in [0.15, 0.2) is 194 Å². The average Bonchev–Trinajstić information content (AvgIpc) is 0.715. The van der Waals surface area contributed by atoms with Gasteiger partial charge in [0.2, 0.25) is 17.8 Å². The third kappa shape index (κ3) is 14.1. The second kappa shape index (κ2) is 23.5. The van der Waals surface area contributed by atoms with Crippen molar-refractivity contribution in [3.63, 3.8) is 0 Å². The fraction of sp³-hybridized carbons (Fsp3) is 0.143. The summed E-state index contributed by atoms with van der Waals surface area (Å²) in [6.07, 6.45) is -54.8. The van der Waals surface area contributed by atoms with Crippen molar-refractivity contribution in [1.82, 2.24) is 0 Å². The summed E-state index contributed by atoms with van der Waals surface area (Å²) in [5, 5.41) is 5.36. The van der Waals surface area contributed by atoms with Gasteiger partial charge >= 0.3 is 55.3 Å². The van der Waals surface area contributed by atoms with Crippen LogP contribution in [0.4, 0.5) is 105 Å². The minimum Gasteiger partial charge on any atom is -0.404 e. The first-order valence-electron chi connectivity index (χ1n) is 26.0. The van der Waals surface area contributed by atoms with Crippen molar-refractivity contribution in [3.05, 3.63) is 244 Å². The van der Waals surface area contributed by atoms with Gasteiger partial charge in [-0.1, -0.05) is 140 Å². The lowest BCUT2D eigenvalue weighted by molar-refractivity contribution is -0.661. The lowest BCUT2D eigenvalue weighted by atomic mass is 9.12. The molecule has 0 aliphatic carbocycles. The second-order valence-electron chi connectivity index (χ2n) is 20.6. The van der Waals surface area contributed by atoms with Gasteiger partial charge in [-0.15, -0.1) is 0 Å². The third-order valence-corrected chi connectivity index (χ3v) is 14.7. The van der Waals surface area contributed by atoms with Gasteiger partial charge in [-0.25, -0.2) is 0 Å². The normalized spacial score (nSPS) is 13.1. The number of carbonyl (C=O) groups excluding carboxylic acids is 1. The molecule has 474 valence electrons. The van der Waals surface area contributed by atoms with Crippen LogP contribution in [0.1, 0.15) is 54.9 Å². The fourth-order valence-corrected chi connectivity index (χ4v) is 10.6. The zero-order chi connectivity index (χ0) is 66.8. The molecule has 0 aliphatic rings. The van der Waals surface area contributed by atoms with Crippen LogP contribution in [0.3, 0.4) is 0 Å². The summed E-state index contributed by atoms with van der Waals surface area (Å²) in [5.41, 5.74) is -28.6. The van der Waals surface area contributed by atoms with Crippen molar-refractivity contribution in [2.24, 2.45) is 0 Å². The number of hydrogen-bond acceptors (Lipinski definition) is 2. The van der Waals surface area contributed by atoms with Crippen LogP contribution in [-0.4, -0.2) is 11.9 Å².